The summed E-state index contributed by atoms with van der Waals surface area (Å²) in [6.07, 6.45) is 0.346. The predicted octanol–water partition coefficient (Wildman–Crippen LogP) is 4.32. The van der Waals surface area contributed by atoms with Gasteiger partial charge in [0.2, 0.25) is 0 Å². The Labute approximate surface area is 135 Å². The molecule has 0 amide bonds. The van der Waals surface area contributed by atoms with E-state index in [1.807, 2.05) is 12.1 Å². The molecule has 0 N–H and O–H groups in total. The van der Waals surface area contributed by atoms with Gasteiger partial charge in [0.05, 0.1) is 12.2 Å². The molecule has 0 atom stereocenters. The number of ether oxygens (including phenoxy) is 2. The molecule has 0 bridgehead atoms. The molecule has 3 heteroatoms. The molecule has 2 aromatic carbocycles. The maximum Gasteiger partial charge on any atom is 0.127 e. The van der Waals surface area contributed by atoms with E-state index in [4.69, 9.17) is 9.47 Å². The summed E-state index contributed by atoms with van der Waals surface area (Å²) >= 11 is 0. The normalized spacial score (nSPS) is 11.3. The summed E-state index contributed by atoms with van der Waals surface area (Å²) in [7, 11) is -0.524. The largest absolute Gasteiger partial charge is 0.490 e. The zero-order valence-electron chi connectivity index (χ0n) is 14.0. The zero-order chi connectivity index (χ0) is 16.1. The molecule has 0 heterocycles. The van der Waals surface area contributed by atoms with Gasteiger partial charge in [-0.2, -0.15) is 0 Å². The van der Waals surface area contributed by atoms with Gasteiger partial charge in [0.15, 0.2) is 0 Å². The second-order valence-electron chi connectivity index (χ2n) is 5.83. The Bertz CT molecular complexity index is 554. The van der Waals surface area contributed by atoms with Crippen molar-refractivity contribution >= 4 is 18.5 Å². The molecule has 2 aromatic rings. The average molecular weight is 316 g/mol. The highest BCUT2D eigenvalue weighted by molar-refractivity contribution is 7.72. The van der Waals surface area contributed by atoms with Crippen molar-refractivity contribution in [2.75, 3.05) is 6.66 Å². The van der Waals surface area contributed by atoms with Crippen LogP contribution < -0.4 is 20.1 Å². The van der Waals surface area contributed by atoms with Crippen LogP contribution >= 0.6 is 7.92 Å². The van der Waals surface area contributed by atoms with Crippen molar-refractivity contribution in [1.29, 1.82) is 0 Å². The average Bonchev–Trinajstić information content (AvgIpc) is 2.46. The first-order chi connectivity index (χ1) is 10.5. The van der Waals surface area contributed by atoms with Crippen LogP contribution in [0.1, 0.15) is 27.7 Å². The highest BCUT2D eigenvalue weighted by Gasteiger charge is 2.18. The third-order valence-corrected chi connectivity index (χ3v) is 5.36. The van der Waals surface area contributed by atoms with E-state index in [1.54, 1.807) is 0 Å². The summed E-state index contributed by atoms with van der Waals surface area (Å²) in [6.45, 7) is 10.5. The topological polar surface area (TPSA) is 18.5 Å². The Morgan fingerprint density at radius 1 is 0.682 bits per heavy atom. The molecule has 0 saturated heterocycles. The van der Waals surface area contributed by atoms with E-state index in [2.05, 4.69) is 70.8 Å². The highest BCUT2D eigenvalue weighted by atomic mass is 31.1. The van der Waals surface area contributed by atoms with Crippen LogP contribution in [0, 0.1) is 0 Å². The van der Waals surface area contributed by atoms with Crippen LogP contribution in [0.4, 0.5) is 0 Å². The lowest BCUT2D eigenvalue weighted by atomic mass is 10.3. The zero-order valence-corrected chi connectivity index (χ0v) is 14.9. The first kappa shape index (κ1) is 16.8. The Morgan fingerprint density at radius 2 is 1.05 bits per heavy atom. The van der Waals surface area contributed by atoms with Crippen LogP contribution in [-0.2, 0) is 0 Å². The van der Waals surface area contributed by atoms with Crippen molar-refractivity contribution in [2.45, 2.75) is 39.9 Å². The van der Waals surface area contributed by atoms with Gasteiger partial charge in [-0.15, -0.1) is 0 Å². The Hall–Kier alpha value is -1.53. The first-order valence-corrected chi connectivity index (χ1v) is 9.53. The molecule has 0 aliphatic heterocycles. The summed E-state index contributed by atoms with van der Waals surface area (Å²) in [6, 6.07) is 16.6. The third-order valence-electron chi connectivity index (χ3n) is 3.18. The number of hydrogen-bond acceptors (Lipinski definition) is 2. The van der Waals surface area contributed by atoms with Crippen LogP contribution in [0.3, 0.4) is 0 Å². The van der Waals surface area contributed by atoms with E-state index in [0.29, 0.717) is 0 Å². The van der Waals surface area contributed by atoms with E-state index in [-0.39, 0.29) is 12.2 Å². The van der Waals surface area contributed by atoms with Gasteiger partial charge in [-0.3, -0.25) is 0 Å². The minimum absolute atomic E-state index is 0.173. The third kappa shape index (κ3) is 4.24. The van der Waals surface area contributed by atoms with Crippen molar-refractivity contribution in [2.24, 2.45) is 0 Å². The van der Waals surface area contributed by atoms with Crippen LogP contribution in [0.5, 0.6) is 11.5 Å². The standard InChI is InChI=1S/C19H25O2P/c1-14(2)20-16-10-6-8-12-18(16)22(5)19-13-9-7-11-17(19)21-15(3)4/h6-15H,1-5H3. The van der Waals surface area contributed by atoms with E-state index in [9.17, 15) is 0 Å². The van der Waals surface area contributed by atoms with Gasteiger partial charge in [-0.05, 0) is 54.4 Å². The summed E-state index contributed by atoms with van der Waals surface area (Å²) in [5.41, 5.74) is 0. The summed E-state index contributed by atoms with van der Waals surface area (Å²) in [4.78, 5) is 0. The van der Waals surface area contributed by atoms with Crippen molar-refractivity contribution in [3.63, 3.8) is 0 Å². The molecular weight excluding hydrogens is 291 g/mol. The SMILES string of the molecule is CC(C)Oc1ccccc1P(C)c1ccccc1OC(C)C. The van der Waals surface area contributed by atoms with Gasteiger partial charge in [-0.25, -0.2) is 0 Å². The molecular formula is C19H25O2P. The number of hydrogen-bond donors (Lipinski definition) is 0. The number of para-hydroxylation sites is 2. The molecule has 0 aliphatic carbocycles. The lowest BCUT2D eigenvalue weighted by Crippen LogP contribution is -2.19. The lowest BCUT2D eigenvalue weighted by Gasteiger charge is -2.22. The quantitative estimate of drug-likeness (QED) is 0.739. The first-order valence-electron chi connectivity index (χ1n) is 7.74. The second kappa shape index (κ2) is 7.65. The van der Waals surface area contributed by atoms with Gasteiger partial charge in [0.1, 0.15) is 11.5 Å². The van der Waals surface area contributed by atoms with E-state index >= 15 is 0 Å². The number of rotatable bonds is 6. The van der Waals surface area contributed by atoms with Gasteiger partial charge in [0.25, 0.3) is 0 Å². The van der Waals surface area contributed by atoms with E-state index in [1.165, 1.54) is 10.6 Å². The molecule has 0 fully saturated rings. The van der Waals surface area contributed by atoms with Gasteiger partial charge >= 0.3 is 0 Å². The van der Waals surface area contributed by atoms with Crippen molar-refractivity contribution in [3.05, 3.63) is 48.5 Å². The van der Waals surface area contributed by atoms with E-state index in [0.717, 1.165) is 11.5 Å². The Kier molecular flexibility index (Phi) is 5.85. The molecule has 0 spiro atoms. The summed E-state index contributed by atoms with van der Waals surface area (Å²) in [5, 5.41) is 2.51. The fourth-order valence-corrected chi connectivity index (χ4v) is 4.10. The maximum absolute atomic E-state index is 5.98. The van der Waals surface area contributed by atoms with Gasteiger partial charge in [0, 0.05) is 10.6 Å². The molecule has 2 rings (SSSR count). The minimum atomic E-state index is -0.524. The maximum atomic E-state index is 5.98. The fraction of sp³-hybridized carbons (Fsp3) is 0.368. The van der Waals surface area contributed by atoms with E-state index < -0.39 is 7.92 Å². The number of benzene rings is 2. The molecule has 0 unspecified atom stereocenters. The molecule has 0 aliphatic rings. The smallest absolute Gasteiger partial charge is 0.127 e. The van der Waals surface area contributed by atoms with Crippen molar-refractivity contribution in [1.82, 2.24) is 0 Å². The summed E-state index contributed by atoms with van der Waals surface area (Å²) in [5.74, 6) is 1.95. The molecule has 0 radical (unpaired) electrons. The van der Waals surface area contributed by atoms with Gasteiger partial charge in [-0.1, -0.05) is 36.4 Å². The van der Waals surface area contributed by atoms with Gasteiger partial charge < -0.3 is 9.47 Å². The Morgan fingerprint density at radius 3 is 1.41 bits per heavy atom. The van der Waals surface area contributed by atoms with Crippen molar-refractivity contribution in [3.8, 4) is 11.5 Å². The Balaban J connectivity index is 2.38. The molecule has 2 nitrogen and oxygen atoms in total. The molecule has 22 heavy (non-hydrogen) atoms. The highest BCUT2D eigenvalue weighted by Crippen LogP contribution is 2.36. The minimum Gasteiger partial charge on any atom is -0.490 e. The van der Waals surface area contributed by atoms with Crippen LogP contribution in [0.25, 0.3) is 0 Å². The monoisotopic (exact) mass is 316 g/mol. The van der Waals surface area contributed by atoms with Crippen LogP contribution in [-0.4, -0.2) is 18.9 Å². The molecule has 0 aromatic heterocycles. The molecule has 118 valence electrons. The predicted molar refractivity (Wildman–Crippen MR) is 96.5 cm³/mol. The fourth-order valence-electron chi connectivity index (χ4n) is 2.31. The van der Waals surface area contributed by atoms with Crippen LogP contribution in [0.2, 0.25) is 0 Å². The summed E-state index contributed by atoms with van der Waals surface area (Å²) < 4.78 is 12.0. The second-order valence-corrected chi connectivity index (χ2v) is 7.91. The van der Waals surface area contributed by atoms with Crippen LogP contribution in [0.15, 0.2) is 48.5 Å². The molecule has 0 saturated carbocycles. The lowest BCUT2D eigenvalue weighted by molar-refractivity contribution is 0.244. The van der Waals surface area contributed by atoms with Crippen molar-refractivity contribution < 1.29 is 9.47 Å².